The summed E-state index contributed by atoms with van der Waals surface area (Å²) < 4.78 is 1.09. The first-order valence-electron chi connectivity index (χ1n) is 5.63. The molecule has 3 rings (SSSR count). The highest BCUT2D eigenvalue weighted by molar-refractivity contribution is 14.1. The Hall–Kier alpha value is -1.04. The lowest BCUT2D eigenvalue weighted by molar-refractivity contribution is -0.139. The minimum absolute atomic E-state index is 0.151. The highest BCUT2D eigenvalue weighted by Gasteiger charge is 2.41. The number of benzene rings is 1. The van der Waals surface area contributed by atoms with Gasteiger partial charge in [-0.05, 0) is 40.6 Å². The lowest BCUT2D eigenvalue weighted by Gasteiger charge is -2.35. The Kier molecular flexibility index (Phi) is 2.61. The molecule has 0 amide bonds. The molecule has 0 bridgehead atoms. The van der Waals surface area contributed by atoms with Crippen LogP contribution in [-0.4, -0.2) is 17.1 Å². The molecule has 0 aromatic heterocycles. The van der Waals surface area contributed by atoms with E-state index in [1.54, 1.807) is 0 Å². The molecule has 0 unspecified atom stereocenters. The van der Waals surface area contributed by atoms with Crippen molar-refractivity contribution >= 4 is 34.2 Å². The summed E-state index contributed by atoms with van der Waals surface area (Å²) in [6.07, 6.45) is 5.10. The zero-order valence-electron chi connectivity index (χ0n) is 9.06. The Bertz CT molecular complexity index is 512. The van der Waals surface area contributed by atoms with Crippen LogP contribution in [0.4, 0.5) is 5.69 Å². The fraction of sp³-hybridized carbons (Fsp3) is 0.308. The van der Waals surface area contributed by atoms with Crippen LogP contribution in [0.1, 0.15) is 17.9 Å². The number of para-hydroxylation sites is 1. The summed E-state index contributed by atoms with van der Waals surface area (Å²) in [7, 11) is 0. The molecule has 0 spiro atoms. The predicted molar refractivity (Wildman–Crippen MR) is 74.2 cm³/mol. The minimum Gasteiger partial charge on any atom is -0.480 e. The molecule has 0 saturated heterocycles. The predicted octanol–water partition coefficient (Wildman–Crippen LogP) is 2.83. The van der Waals surface area contributed by atoms with Crippen LogP contribution in [0.25, 0.3) is 0 Å². The number of aliphatic carboxylic acids is 1. The van der Waals surface area contributed by atoms with Crippen molar-refractivity contribution in [3.8, 4) is 0 Å². The van der Waals surface area contributed by atoms with E-state index in [9.17, 15) is 9.90 Å². The number of carboxylic acids is 1. The molecule has 3 nitrogen and oxygen atoms in total. The van der Waals surface area contributed by atoms with Gasteiger partial charge in [0.2, 0.25) is 0 Å². The topological polar surface area (TPSA) is 49.3 Å². The van der Waals surface area contributed by atoms with Gasteiger partial charge in [0, 0.05) is 15.4 Å². The smallest absolute Gasteiger partial charge is 0.326 e. The van der Waals surface area contributed by atoms with Crippen LogP contribution in [-0.2, 0) is 4.79 Å². The van der Waals surface area contributed by atoms with Crippen LogP contribution < -0.4 is 5.32 Å². The van der Waals surface area contributed by atoms with Gasteiger partial charge in [-0.1, -0.05) is 24.3 Å². The molecule has 3 atom stereocenters. The van der Waals surface area contributed by atoms with Crippen molar-refractivity contribution in [2.45, 2.75) is 18.4 Å². The molecule has 1 heterocycles. The molecule has 1 aliphatic heterocycles. The van der Waals surface area contributed by atoms with Gasteiger partial charge < -0.3 is 10.4 Å². The molecule has 0 saturated carbocycles. The summed E-state index contributed by atoms with van der Waals surface area (Å²) in [5.41, 5.74) is 2.22. The maximum atomic E-state index is 11.3. The average Bonchev–Trinajstić information content (AvgIpc) is 2.77. The van der Waals surface area contributed by atoms with E-state index in [4.69, 9.17) is 0 Å². The third-order valence-electron chi connectivity index (χ3n) is 3.61. The molecule has 0 radical (unpaired) electrons. The fourth-order valence-corrected chi connectivity index (χ4v) is 3.50. The third kappa shape index (κ3) is 1.66. The zero-order chi connectivity index (χ0) is 12.0. The normalized spacial score (nSPS) is 29.4. The van der Waals surface area contributed by atoms with Crippen molar-refractivity contribution < 1.29 is 9.90 Å². The summed E-state index contributed by atoms with van der Waals surface area (Å²) in [5.74, 6) is -0.353. The van der Waals surface area contributed by atoms with Gasteiger partial charge in [-0.2, -0.15) is 0 Å². The first-order chi connectivity index (χ1) is 8.18. The number of hydrogen-bond donors (Lipinski definition) is 2. The number of nitrogens with one attached hydrogen (secondary N) is 1. The van der Waals surface area contributed by atoms with E-state index in [2.05, 4.69) is 46.1 Å². The van der Waals surface area contributed by atoms with E-state index >= 15 is 0 Å². The number of halogens is 1. The van der Waals surface area contributed by atoms with Gasteiger partial charge in [-0.25, -0.2) is 4.79 Å². The first-order valence-corrected chi connectivity index (χ1v) is 6.71. The summed E-state index contributed by atoms with van der Waals surface area (Å²) in [6.45, 7) is 0. The number of rotatable bonds is 1. The van der Waals surface area contributed by atoms with Gasteiger partial charge in [0.15, 0.2) is 0 Å². The molecule has 2 N–H and O–H groups in total. The van der Waals surface area contributed by atoms with Gasteiger partial charge in [0.25, 0.3) is 0 Å². The number of carbonyl (C=O) groups is 1. The minimum atomic E-state index is -0.756. The van der Waals surface area contributed by atoms with Crippen molar-refractivity contribution in [2.75, 3.05) is 5.32 Å². The number of allylic oxidation sites excluding steroid dienone is 2. The van der Waals surface area contributed by atoms with Gasteiger partial charge in [0.05, 0.1) is 5.69 Å². The largest absolute Gasteiger partial charge is 0.480 e. The Labute approximate surface area is 113 Å². The van der Waals surface area contributed by atoms with Crippen LogP contribution in [0.5, 0.6) is 0 Å². The summed E-state index contributed by atoms with van der Waals surface area (Å²) in [4.78, 5) is 11.3. The standard InChI is InChI=1S/C13H12INO2/c14-10-6-2-5-8-7-3-1-4-9(7)12(13(16)17)15-11(8)10/h1-3,5-7,9,12,15H,4H2,(H,16,17)/t7-,9-,12-/m0/s1. The van der Waals surface area contributed by atoms with Crippen molar-refractivity contribution in [3.05, 3.63) is 39.5 Å². The molecule has 2 aliphatic rings. The maximum absolute atomic E-state index is 11.3. The summed E-state index contributed by atoms with van der Waals surface area (Å²) in [6, 6.07) is 5.66. The zero-order valence-corrected chi connectivity index (χ0v) is 11.2. The molecular formula is C13H12INO2. The van der Waals surface area contributed by atoms with Gasteiger partial charge in [0.1, 0.15) is 6.04 Å². The van der Waals surface area contributed by atoms with E-state index in [0.717, 1.165) is 15.7 Å². The van der Waals surface area contributed by atoms with Crippen molar-refractivity contribution in [3.63, 3.8) is 0 Å². The highest BCUT2D eigenvalue weighted by atomic mass is 127. The van der Waals surface area contributed by atoms with Gasteiger partial charge >= 0.3 is 5.97 Å². The number of anilines is 1. The van der Waals surface area contributed by atoms with Crippen LogP contribution in [0.3, 0.4) is 0 Å². The molecule has 0 fully saturated rings. The quantitative estimate of drug-likeness (QED) is 0.610. The average molecular weight is 341 g/mol. The molecule has 88 valence electrons. The molecule has 1 aliphatic carbocycles. The highest BCUT2D eigenvalue weighted by Crippen LogP contribution is 2.45. The molecule has 1 aromatic rings. The Morgan fingerprint density at radius 3 is 3.06 bits per heavy atom. The van der Waals surface area contributed by atoms with Crippen molar-refractivity contribution in [1.82, 2.24) is 0 Å². The second-order valence-electron chi connectivity index (χ2n) is 4.52. The molecule has 4 heteroatoms. The summed E-state index contributed by atoms with van der Waals surface area (Å²) in [5, 5.41) is 12.5. The first kappa shape index (κ1) is 11.1. The number of fused-ring (bicyclic) bond motifs is 3. The van der Waals surface area contributed by atoms with E-state index in [1.807, 2.05) is 12.1 Å². The van der Waals surface area contributed by atoms with Crippen molar-refractivity contribution in [1.29, 1.82) is 0 Å². The van der Waals surface area contributed by atoms with E-state index in [0.29, 0.717) is 0 Å². The van der Waals surface area contributed by atoms with Gasteiger partial charge in [-0.3, -0.25) is 0 Å². The molecule has 1 aromatic carbocycles. The maximum Gasteiger partial charge on any atom is 0.326 e. The second-order valence-corrected chi connectivity index (χ2v) is 5.68. The van der Waals surface area contributed by atoms with E-state index in [-0.39, 0.29) is 11.8 Å². The second kappa shape index (κ2) is 4.01. The molecule has 17 heavy (non-hydrogen) atoms. The number of carboxylic acid groups (broad SMARTS) is 1. The fourth-order valence-electron chi connectivity index (χ4n) is 2.83. The van der Waals surface area contributed by atoms with Crippen LogP contribution in [0, 0.1) is 9.49 Å². The van der Waals surface area contributed by atoms with E-state index < -0.39 is 12.0 Å². The SMILES string of the molecule is O=C(O)[C@H]1Nc2c(I)cccc2[C@@H]2C=CC[C@H]12. The number of hydrogen-bond acceptors (Lipinski definition) is 2. The summed E-state index contributed by atoms with van der Waals surface area (Å²) >= 11 is 2.25. The van der Waals surface area contributed by atoms with Gasteiger partial charge in [-0.15, -0.1) is 0 Å². The Morgan fingerprint density at radius 2 is 2.29 bits per heavy atom. The Morgan fingerprint density at radius 1 is 1.47 bits per heavy atom. The van der Waals surface area contributed by atoms with Crippen LogP contribution in [0.15, 0.2) is 30.4 Å². The monoisotopic (exact) mass is 341 g/mol. The lowest BCUT2D eigenvalue weighted by atomic mass is 9.79. The van der Waals surface area contributed by atoms with Crippen LogP contribution >= 0.6 is 22.6 Å². The lowest BCUT2D eigenvalue weighted by Crippen LogP contribution is -2.42. The Balaban J connectivity index is 2.12. The third-order valence-corrected chi connectivity index (χ3v) is 4.51. The van der Waals surface area contributed by atoms with Crippen LogP contribution in [0.2, 0.25) is 0 Å². The van der Waals surface area contributed by atoms with Crippen molar-refractivity contribution in [2.24, 2.45) is 5.92 Å². The van der Waals surface area contributed by atoms with E-state index in [1.165, 1.54) is 5.56 Å². The molecular weight excluding hydrogens is 329 g/mol.